The van der Waals surface area contributed by atoms with E-state index in [2.05, 4.69) is 71.0 Å². The summed E-state index contributed by atoms with van der Waals surface area (Å²) < 4.78 is 27.6. The summed E-state index contributed by atoms with van der Waals surface area (Å²) in [6, 6.07) is 14.7. The van der Waals surface area contributed by atoms with Crippen molar-refractivity contribution in [2.24, 2.45) is 0 Å². The predicted octanol–water partition coefficient (Wildman–Crippen LogP) is -2.23. The number of hydrogen-bond acceptors (Lipinski definition) is 4. The molecule has 8 heteroatoms. The molecule has 0 spiro atoms. The molecule has 0 unspecified atom stereocenters. The molecule has 182 valence electrons. The molecule has 0 saturated heterocycles. The second-order valence-electron chi connectivity index (χ2n) is 8.53. The molecule has 0 bridgehead atoms. The fourth-order valence-corrected chi connectivity index (χ4v) is 4.75. The zero-order valence-electron chi connectivity index (χ0n) is 19.6. The summed E-state index contributed by atoms with van der Waals surface area (Å²) in [4.78, 5) is 0. The largest absolute Gasteiger partial charge is 1.00 e. The van der Waals surface area contributed by atoms with Gasteiger partial charge in [0.15, 0.2) is 54.7 Å². The first kappa shape index (κ1) is 25.3. The van der Waals surface area contributed by atoms with Crippen LogP contribution in [0.5, 0.6) is 23.0 Å². The van der Waals surface area contributed by atoms with Gasteiger partial charge in [-0.25, -0.2) is 4.57 Å². The van der Waals surface area contributed by atoms with Crippen LogP contribution in [-0.2, 0) is 19.5 Å². The van der Waals surface area contributed by atoms with Crippen LogP contribution < -0.4 is 62.0 Å². The third-order valence-corrected chi connectivity index (χ3v) is 6.40. The van der Waals surface area contributed by atoms with Crippen molar-refractivity contribution in [1.82, 2.24) is 0 Å². The van der Waals surface area contributed by atoms with Crippen molar-refractivity contribution in [2.75, 3.05) is 20.5 Å². The van der Waals surface area contributed by atoms with Gasteiger partial charge in [-0.15, -0.1) is 0 Å². The van der Waals surface area contributed by atoms with Crippen LogP contribution in [0.4, 0.5) is 0 Å². The first-order valence-electron chi connectivity index (χ1n) is 11.3. The number of aryl methyl sites for hydroxylation is 3. The molecule has 0 radical (unpaired) electrons. The van der Waals surface area contributed by atoms with Gasteiger partial charge in [0.2, 0.25) is 12.5 Å². The highest BCUT2D eigenvalue weighted by molar-refractivity contribution is 5.91. The molecule has 0 aliphatic carbocycles. The van der Waals surface area contributed by atoms with Crippen LogP contribution >= 0.6 is 0 Å². The van der Waals surface area contributed by atoms with Crippen molar-refractivity contribution in [3.8, 4) is 34.3 Å². The minimum absolute atomic E-state index is 0. The van der Waals surface area contributed by atoms with Gasteiger partial charge in [-0.1, -0.05) is 0 Å². The number of fused-ring (bicyclic) bond motifs is 5. The Morgan fingerprint density at radius 1 is 1.00 bits per heavy atom. The molecule has 6 nitrogen and oxygen atoms in total. The predicted molar refractivity (Wildman–Crippen MR) is 123 cm³/mol. The molecule has 0 fully saturated rings. The Morgan fingerprint density at radius 3 is 2.63 bits per heavy atom. The highest BCUT2D eigenvalue weighted by Crippen LogP contribution is 2.41. The fourth-order valence-electron chi connectivity index (χ4n) is 4.75. The summed E-state index contributed by atoms with van der Waals surface area (Å²) in [5, 5.41) is 2.17. The quantitative estimate of drug-likeness (QED) is 0.243. The van der Waals surface area contributed by atoms with E-state index in [4.69, 9.17) is 18.9 Å². The molecule has 0 N–H and O–H groups in total. The van der Waals surface area contributed by atoms with Crippen molar-refractivity contribution in [1.29, 1.82) is 0 Å². The Morgan fingerprint density at radius 2 is 1.83 bits per heavy atom. The van der Waals surface area contributed by atoms with Gasteiger partial charge < -0.3 is 52.9 Å². The summed E-state index contributed by atoms with van der Waals surface area (Å²) in [7, 11) is 1.69. The Bertz CT molecular complexity index is 1390. The van der Waals surface area contributed by atoms with Crippen LogP contribution in [-0.4, -0.2) is 20.5 Å². The van der Waals surface area contributed by atoms with Gasteiger partial charge in [0.05, 0.1) is 18.1 Å². The van der Waals surface area contributed by atoms with E-state index < -0.39 is 0 Å². The third kappa shape index (κ3) is 4.69. The lowest BCUT2D eigenvalue weighted by Crippen LogP contribution is -3.00. The van der Waals surface area contributed by atoms with Gasteiger partial charge in [0.1, 0.15) is 6.61 Å². The molecule has 2 aliphatic heterocycles. The van der Waals surface area contributed by atoms with E-state index >= 15 is 0 Å². The number of pyridine rings is 2. The molecule has 35 heavy (non-hydrogen) atoms. The molecular weight excluding hydrogens is 576 g/mol. The fraction of sp³-hybridized carbons (Fsp3) is 0.259. The van der Waals surface area contributed by atoms with Crippen LogP contribution in [0, 0.1) is 6.92 Å². The van der Waals surface area contributed by atoms with Crippen LogP contribution in [0.15, 0.2) is 61.1 Å². The van der Waals surface area contributed by atoms with Crippen LogP contribution in [0.3, 0.4) is 0 Å². The second-order valence-corrected chi connectivity index (χ2v) is 8.53. The van der Waals surface area contributed by atoms with Crippen molar-refractivity contribution >= 4 is 10.8 Å². The minimum atomic E-state index is 0. The molecular formula is C27H26Br2N2O4. The summed E-state index contributed by atoms with van der Waals surface area (Å²) in [6.07, 6.45) is 7.32. The Kier molecular flexibility index (Phi) is 7.52. The minimum Gasteiger partial charge on any atom is -1.00 e. The van der Waals surface area contributed by atoms with Crippen molar-refractivity contribution in [2.45, 2.75) is 26.4 Å². The van der Waals surface area contributed by atoms with E-state index in [1.807, 2.05) is 6.07 Å². The van der Waals surface area contributed by atoms with E-state index in [-0.39, 0.29) is 40.8 Å². The summed E-state index contributed by atoms with van der Waals surface area (Å²) in [5.41, 5.74) is 4.89. The summed E-state index contributed by atoms with van der Waals surface area (Å²) >= 11 is 0. The number of ether oxygens (including phenoxy) is 4. The van der Waals surface area contributed by atoms with Gasteiger partial charge in [0.25, 0.3) is 0 Å². The number of aromatic nitrogens is 2. The number of benzene rings is 2. The first-order valence-corrected chi connectivity index (χ1v) is 11.3. The molecule has 2 aromatic carbocycles. The van der Waals surface area contributed by atoms with Crippen molar-refractivity contribution in [3.05, 3.63) is 72.2 Å². The van der Waals surface area contributed by atoms with E-state index in [1.54, 1.807) is 7.11 Å². The maximum Gasteiger partial charge on any atom is 0.231 e. The van der Waals surface area contributed by atoms with Crippen LogP contribution in [0.2, 0.25) is 0 Å². The average molecular weight is 602 g/mol. The third-order valence-electron chi connectivity index (χ3n) is 6.40. The van der Waals surface area contributed by atoms with Gasteiger partial charge in [0, 0.05) is 24.1 Å². The van der Waals surface area contributed by atoms with Crippen molar-refractivity contribution in [3.63, 3.8) is 0 Å². The number of hydrogen-bond donors (Lipinski definition) is 0. The lowest BCUT2D eigenvalue weighted by atomic mass is 9.95. The van der Waals surface area contributed by atoms with Crippen molar-refractivity contribution < 1.29 is 62.0 Å². The second kappa shape index (κ2) is 10.4. The Labute approximate surface area is 225 Å². The Balaban J connectivity index is 0.00000144. The molecule has 0 atom stereocenters. The zero-order chi connectivity index (χ0) is 22.4. The van der Waals surface area contributed by atoms with Gasteiger partial charge in [-0.2, -0.15) is 4.57 Å². The van der Waals surface area contributed by atoms with E-state index in [9.17, 15) is 0 Å². The highest BCUT2D eigenvalue weighted by Gasteiger charge is 2.28. The molecule has 2 aromatic heterocycles. The number of halogens is 2. The topological polar surface area (TPSA) is 44.7 Å². The molecule has 2 aliphatic rings. The maximum absolute atomic E-state index is 6.31. The molecule has 4 heterocycles. The molecule has 6 rings (SSSR count). The normalized spacial score (nSPS) is 12.7. The summed E-state index contributed by atoms with van der Waals surface area (Å²) in [5.74, 6) is 3.19. The standard InChI is InChI=1S/C27H26N2O4.2BrH/c1-18-4-3-8-28(15-18)10-11-31-27-22-16-29-9-7-20-13-25-26(33-17-32-25)14-21(20)23(29)12-19(22)5-6-24(27)30-2;;/h3-6,8,12-16H,7,9-11,17H2,1-2H3;2*1H/q+2;;/p-2. The Hall–Kier alpha value is -2.84. The molecule has 0 saturated carbocycles. The SMILES string of the molecule is COc1ccc2cc3[n+](cc2c1OCC[n+]1cccc(C)c1)CCc1cc2c(cc1-3)OCO2.[Br-].[Br-]. The first-order chi connectivity index (χ1) is 16.2. The lowest BCUT2D eigenvalue weighted by Gasteiger charge is -2.17. The highest BCUT2D eigenvalue weighted by atomic mass is 79.9. The van der Waals surface area contributed by atoms with E-state index in [0.717, 1.165) is 53.3 Å². The van der Waals surface area contributed by atoms with Gasteiger partial charge in [-0.3, -0.25) is 0 Å². The van der Waals surface area contributed by atoms with Crippen LogP contribution in [0.1, 0.15) is 11.1 Å². The maximum atomic E-state index is 6.31. The smallest absolute Gasteiger partial charge is 0.231 e. The van der Waals surface area contributed by atoms with Gasteiger partial charge in [-0.05, 0) is 48.2 Å². The molecule has 4 aromatic rings. The lowest BCUT2D eigenvalue weighted by molar-refractivity contribution is -0.697. The van der Waals surface area contributed by atoms with E-state index in [1.165, 1.54) is 22.4 Å². The summed E-state index contributed by atoms with van der Waals surface area (Å²) in [6.45, 7) is 4.60. The van der Waals surface area contributed by atoms with E-state index in [0.29, 0.717) is 6.61 Å². The zero-order valence-corrected chi connectivity index (χ0v) is 22.8. The molecule has 0 amide bonds. The number of nitrogens with zero attached hydrogens (tertiary/aromatic N) is 2. The number of methoxy groups -OCH3 is 1. The monoisotopic (exact) mass is 600 g/mol. The number of rotatable bonds is 5. The average Bonchev–Trinajstić information content (AvgIpc) is 3.29. The van der Waals surface area contributed by atoms with Crippen LogP contribution in [0.25, 0.3) is 22.0 Å². The van der Waals surface area contributed by atoms with Gasteiger partial charge >= 0.3 is 0 Å².